The number of aromatic nitrogens is 2. The van der Waals surface area contributed by atoms with Crippen molar-refractivity contribution in [2.45, 2.75) is 6.92 Å². The van der Waals surface area contributed by atoms with Crippen molar-refractivity contribution in [1.82, 2.24) is 15.1 Å². The lowest BCUT2D eigenvalue weighted by Gasteiger charge is -2.08. The Hall–Kier alpha value is -3.94. The van der Waals surface area contributed by atoms with E-state index in [1.165, 1.54) is 12.3 Å². The van der Waals surface area contributed by atoms with E-state index in [4.69, 9.17) is 5.73 Å². The van der Waals surface area contributed by atoms with Crippen LogP contribution in [0.15, 0.2) is 60.8 Å². The molecule has 0 unspecified atom stereocenters. The molecule has 0 saturated carbocycles. The second-order valence-electron chi connectivity index (χ2n) is 6.07. The molecule has 8 nitrogen and oxygen atoms in total. The Bertz CT molecular complexity index is 1030. The number of primary amides is 1. The molecule has 0 fully saturated rings. The van der Waals surface area contributed by atoms with Crippen LogP contribution in [0, 0.1) is 6.92 Å². The minimum absolute atomic E-state index is 0.257. The Morgan fingerprint density at radius 3 is 2.50 bits per heavy atom. The number of nitrogens with one attached hydrogen (secondary N) is 2. The molecule has 2 aromatic carbocycles. The topological polar surface area (TPSA) is 119 Å². The van der Waals surface area contributed by atoms with E-state index in [0.717, 1.165) is 5.69 Å². The molecule has 1 heterocycles. The number of nitrogens with two attached hydrogens (primary N) is 1. The molecule has 28 heavy (non-hydrogen) atoms. The average Bonchev–Trinajstić information content (AvgIpc) is 3.08. The maximum atomic E-state index is 12.6. The fraction of sp³-hybridized carbons (Fsp3) is 0.100. The largest absolute Gasteiger partial charge is 0.368 e. The Kier molecular flexibility index (Phi) is 5.50. The van der Waals surface area contributed by atoms with Gasteiger partial charge in [0.15, 0.2) is 0 Å². The first-order chi connectivity index (χ1) is 13.5. The SMILES string of the molecule is Cc1c(C(=O)Nc2cccc(C(=O)NCC(N)=O)c2)cnn1-c1ccccc1. The normalized spacial score (nSPS) is 10.3. The monoisotopic (exact) mass is 377 g/mol. The van der Waals surface area contributed by atoms with Crippen molar-refractivity contribution < 1.29 is 14.4 Å². The molecule has 0 aliphatic heterocycles. The fourth-order valence-corrected chi connectivity index (χ4v) is 2.67. The van der Waals surface area contributed by atoms with Crippen LogP contribution in [0.25, 0.3) is 5.69 Å². The van der Waals surface area contributed by atoms with Crippen molar-refractivity contribution in [3.05, 3.63) is 77.6 Å². The van der Waals surface area contributed by atoms with Gasteiger partial charge in [0.2, 0.25) is 5.91 Å². The van der Waals surface area contributed by atoms with Gasteiger partial charge in [0.1, 0.15) is 0 Å². The maximum absolute atomic E-state index is 12.6. The number of carbonyl (C=O) groups is 3. The van der Waals surface area contributed by atoms with Crippen LogP contribution in [0.2, 0.25) is 0 Å². The van der Waals surface area contributed by atoms with E-state index in [9.17, 15) is 14.4 Å². The van der Waals surface area contributed by atoms with Crippen LogP contribution in [-0.4, -0.2) is 34.0 Å². The molecular weight excluding hydrogens is 358 g/mol. The number of anilines is 1. The van der Waals surface area contributed by atoms with Gasteiger partial charge in [-0.2, -0.15) is 5.10 Å². The molecule has 0 spiro atoms. The van der Waals surface area contributed by atoms with Gasteiger partial charge in [-0.05, 0) is 37.3 Å². The second-order valence-corrected chi connectivity index (χ2v) is 6.07. The van der Waals surface area contributed by atoms with Gasteiger partial charge < -0.3 is 16.4 Å². The first-order valence-electron chi connectivity index (χ1n) is 8.53. The number of para-hydroxylation sites is 1. The zero-order valence-corrected chi connectivity index (χ0v) is 15.2. The highest BCUT2D eigenvalue weighted by molar-refractivity contribution is 6.05. The van der Waals surface area contributed by atoms with Crippen molar-refractivity contribution in [1.29, 1.82) is 0 Å². The molecule has 3 aromatic rings. The Labute approximate surface area is 161 Å². The van der Waals surface area contributed by atoms with Crippen molar-refractivity contribution in [3.8, 4) is 5.69 Å². The quantitative estimate of drug-likeness (QED) is 0.605. The minimum atomic E-state index is -0.635. The van der Waals surface area contributed by atoms with Crippen LogP contribution in [0.5, 0.6) is 0 Å². The van der Waals surface area contributed by atoms with Gasteiger partial charge in [-0.1, -0.05) is 24.3 Å². The highest BCUT2D eigenvalue weighted by atomic mass is 16.2. The van der Waals surface area contributed by atoms with E-state index in [0.29, 0.717) is 22.5 Å². The lowest BCUT2D eigenvalue weighted by Crippen LogP contribution is -2.33. The molecule has 0 saturated heterocycles. The average molecular weight is 377 g/mol. The van der Waals surface area contributed by atoms with Crippen molar-refractivity contribution in [3.63, 3.8) is 0 Å². The van der Waals surface area contributed by atoms with E-state index in [1.807, 2.05) is 37.3 Å². The van der Waals surface area contributed by atoms with Gasteiger partial charge in [0, 0.05) is 11.3 Å². The van der Waals surface area contributed by atoms with Crippen LogP contribution in [-0.2, 0) is 4.79 Å². The van der Waals surface area contributed by atoms with Crippen molar-refractivity contribution >= 4 is 23.4 Å². The van der Waals surface area contributed by atoms with Crippen molar-refractivity contribution in [2.75, 3.05) is 11.9 Å². The molecule has 0 bridgehead atoms. The fourth-order valence-electron chi connectivity index (χ4n) is 2.67. The standard InChI is InChI=1S/C20H19N5O3/c1-13-17(11-23-25(13)16-8-3-2-4-9-16)20(28)24-15-7-5-6-14(10-15)19(27)22-12-18(21)26/h2-11H,12H2,1H3,(H2,21,26)(H,22,27)(H,24,28). The van der Waals surface area contributed by atoms with Gasteiger partial charge in [0.25, 0.3) is 11.8 Å². The van der Waals surface area contributed by atoms with E-state index in [2.05, 4.69) is 15.7 Å². The Balaban J connectivity index is 1.75. The number of hydrogen-bond acceptors (Lipinski definition) is 4. The van der Waals surface area contributed by atoms with E-state index >= 15 is 0 Å². The molecule has 0 atom stereocenters. The highest BCUT2D eigenvalue weighted by Gasteiger charge is 2.16. The summed E-state index contributed by atoms with van der Waals surface area (Å²) < 4.78 is 1.68. The molecule has 3 rings (SSSR count). The number of rotatable bonds is 6. The van der Waals surface area contributed by atoms with Crippen LogP contribution < -0.4 is 16.4 Å². The predicted molar refractivity (Wildman–Crippen MR) is 104 cm³/mol. The summed E-state index contributed by atoms with van der Waals surface area (Å²) in [5, 5.41) is 9.45. The van der Waals surface area contributed by atoms with Crippen LogP contribution in [0.1, 0.15) is 26.4 Å². The molecule has 3 amide bonds. The molecular formula is C20H19N5O3. The Morgan fingerprint density at radius 2 is 1.79 bits per heavy atom. The smallest absolute Gasteiger partial charge is 0.259 e. The number of hydrogen-bond donors (Lipinski definition) is 3. The number of benzene rings is 2. The van der Waals surface area contributed by atoms with E-state index < -0.39 is 11.8 Å². The van der Waals surface area contributed by atoms with Crippen LogP contribution in [0.3, 0.4) is 0 Å². The first kappa shape index (κ1) is 18.8. The summed E-state index contributed by atoms with van der Waals surface area (Å²) in [6.45, 7) is 1.55. The van der Waals surface area contributed by atoms with Crippen LogP contribution in [0.4, 0.5) is 5.69 Å². The molecule has 0 aliphatic carbocycles. The van der Waals surface area contributed by atoms with Crippen LogP contribution >= 0.6 is 0 Å². The number of amides is 3. The van der Waals surface area contributed by atoms with Gasteiger partial charge >= 0.3 is 0 Å². The summed E-state index contributed by atoms with van der Waals surface area (Å²) in [7, 11) is 0. The summed E-state index contributed by atoms with van der Waals surface area (Å²) in [6.07, 6.45) is 1.50. The zero-order chi connectivity index (χ0) is 20.1. The number of nitrogens with zero attached hydrogens (tertiary/aromatic N) is 2. The van der Waals surface area contributed by atoms with E-state index in [-0.39, 0.29) is 12.5 Å². The molecule has 8 heteroatoms. The summed E-state index contributed by atoms with van der Waals surface area (Å²) in [5.74, 6) is -1.43. The highest BCUT2D eigenvalue weighted by Crippen LogP contribution is 2.17. The molecule has 4 N–H and O–H groups in total. The van der Waals surface area contributed by atoms with Gasteiger partial charge in [0.05, 0.1) is 29.7 Å². The summed E-state index contributed by atoms with van der Waals surface area (Å²) in [5.41, 5.74) is 7.74. The van der Waals surface area contributed by atoms with Gasteiger partial charge in [-0.15, -0.1) is 0 Å². The third kappa shape index (κ3) is 4.24. The minimum Gasteiger partial charge on any atom is -0.368 e. The summed E-state index contributed by atoms with van der Waals surface area (Å²) >= 11 is 0. The van der Waals surface area contributed by atoms with Gasteiger partial charge in [-0.3, -0.25) is 14.4 Å². The molecule has 142 valence electrons. The predicted octanol–water partition coefficient (Wildman–Crippen LogP) is 1.65. The second kappa shape index (κ2) is 8.17. The van der Waals surface area contributed by atoms with Gasteiger partial charge in [-0.25, -0.2) is 4.68 Å². The van der Waals surface area contributed by atoms with Crippen molar-refractivity contribution in [2.24, 2.45) is 5.73 Å². The molecule has 0 radical (unpaired) electrons. The third-order valence-corrected chi connectivity index (χ3v) is 4.06. The molecule has 1 aromatic heterocycles. The first-order valence-corrected chi connectivity index (χ1v) is 8.53. The third-order valence-electron chi connectivity index (χ3n) is 4.06. The summed E-state index contributed by atoms with van der Waals surface area (Å²) in [4.78, 5) is 35.5. The maximum Gasteiger partial charge on any atom is 0.259 e. The number of carbonyl (C=O) groups excluding carboxylic acids is 3. The zero-order valence-electron chi connectivity index (χ0n) is 15.2. The lowest BCUT2D eigenvalue weighted by molar-refractivity contribution is -0.117. The lowest BCUT2D eigenvalue weighted by atomic mass is 10.1. The summed E-state index contributed by atoms with van der Waals surface area (Å²) in [6, 6.07) is 15.9. The Morgan fingerprint density at radius 1 is 1.04 bits per heavy atom. The van der Waals surface area contributed by atoms with E-state index in [1.54, 1.807) is 22.9 Å². The molecule has 0 aliphatic rings.